The third-order valence-corrected chi connectivity index (χ3v) is 3.96. The molecule has 0 aliphatic carbocycles. The second kappa shape index (κ2) is 8.44. The number of hydrogen-bond acceptors (Lipinski definition) is 5. The fourth-order valence-corrected chi connectivity index (χ4v) is 3.01. The van der Waals surface area contributed by atoms with Crippen molar-refractivity contribution in [1.82, 2.24) is 0 Å². The van der Waals surface area contributed by atoms with Gasteiger partial charge in [0.05, 0.1) is 18.1 Å². The molecule has 0 aromatic carbocycles. The van der Waals surface area contributed by atoms with Crippen LogP contribution >= 0.6 is 46.7 Å². The summed E-state index contributed by atoms with van der Waals surface area (Å²) >= 11 is 13.3. The van der Waals surface area contributed by atoms with Crippen molar-refractivity contribution in [3.63, 3.8) is 0 Å². The number of halogens is 3. The third kappa shape index (κ3) is 6.83. The van der Waals surface area contributed by atoms with Gasteiger partial charge in [-0.05, 0) is 0 Å². The van der Waals surface area contributed by atoms with Crippen LogP contribution in [0.3, 0.4) is 0 Å². The quantitative estimate of drug-likeness (QED) is 0.219. The maximum atomic E-state index is 11.9. The average Bonchev–Trinajstić information content (AvgIpc) is 2.23. The molecule has 0 aromatic rings. The van der Waals surface area contributed by atoms with Crippen molar-refractivity contribution in [2.75, 3.05) is 25.0 Å². The van der Waals surface area contributed by atoms with Crippen LogP contribution in [0.2, 0.25) is 0 Å². The SMILES string of the molecule is O=[N+]([O-])C(Br)=CP(=O)(OCCCl)OCCCl. The Kier molecular flexibility index (Phi) is 8.63. The van der Waals surface area contributed by atoms with Crippen LogP contribution in [0.5, 0.6) is 0 Å². The zero-order chi connectivity index (χ0) is 12.6. The minimum absolute atomic E-state index is 0.0460. The summed E-state index contributed by atoms with van der Waals surface area (Å²) < 4.78 is 21.0. The molecule has 0 bridgehead atoms. The number of rotatable bonds is 8. The Bertz CT molecular complexity index is 301. The van der Waals surface area contributed by atoms with Crippen molar-refractivity contribution >= 4 is 46.7 Å². The van der Waals surface area contributed by atoms with Gasteiger partial charge in [0, 0.05) is 27.7 Å². The predicted molar refractivity (Wildman–Crippen MR) is 65.0 cm³/mol. The Hall–Kier alpha value is 0.350. The van der Waals surface area contributed by atoms with Gasteiger partial charge in [0.1, 0.15) is 5.82 Å². The zero-order valence-corrected chi connectivity index (χ0v) is 12.0. The molecule has 6 nitrogen and oxygen atoms in total. The van der Waals surface area contributed by atoms with Gasteiger partial charge in [0.25, 0.3) is 0 Å². The maximum Gasteiger partial charge on any atom is 0.361 e. The summed E-state index contributed by atoms with van der Waals surface area (Å²) in [5, 5.41) is 10.3. The van der Waals surface area contributed by atoms with E-state index in [0.29, 0.717) is 0 Å². The van der Waals surface area contributed by atoms with Crippen molar-refractivity contribution < 1.29 is 18.5 Å². The van der Waals surface area contributed by atoms with E-state index in [2.05, 4.69) is 15.9 Å². The van der Waals surface area contributed by atoms with Gasteiger partial charge in [-0.3, -0.25) is 14.7 Å². The highest BCUT2D eigenvalue weighted by molar-refractivity contribution is 9.11. The number of nitrogens with zero attached hydrogens (tertiary/aromatic N) is 1. The van der Waals surface area contributed by atoms with Crippen LogP contribution in [0.25, 0.3) is 0 Å². The molecule has 0 N–H and O–H groups in total. The molecule has 94 valence electrons. The Labute approximate surface area is 111 Å². The Morgan fingerprint density at radius 1 is 1.38 bits per heavy atom. The first-order valence-electron chi connectivity index (χ1n) is 3.98. The highest BCUT2D eigenvalue weighted by atomic mass is 79.9. The molecule has 0 saturated carbocycles. The van der Waals surface area contributed by atoms with Crippen molar-refractivity contribution in [2.24, 2.45) is 0 Å². The molecule has 0 saturated heterocycles. The van der Waals surface area contributed by atoms with Crippen LogP contribution < -0.4 is 0 Å². The lowest BCUT2D eigenvalue weighted by molar-refractivity contribution is -0.408. The van der Waals surface area contributed by atoms with Gasteiger partial charge in [0.15, 0.2) is 0 Å². The molecule has 0 radical (unpaired) electrons. The summed E-state index contributed by atoms with van der Waals surface area (Å²) in [7, 11) is -3.68. The Morgan fingerprint density at radius 2 is 1.81 bits per heavy atom. The highest BCUT2D eigenvalue weighted by Gasteiger charge is 2.25. The van der Waals surface area contributed by atoms with E-state index in [-0.39, 0.29) is 25.0 Å². The van der Waals surface area contributed by atoms with E-state index in [4.69, 9.17) is 32.2 Å². The minimum atomic E-state index is -3.68. The van der Waals surface area contributed by atoms with Crippen molar-refractivity contribution in [3.05, 3.63) is 20.5 Å². The second-order valence-electron chi connectivity index (χ2n) is 2.29. The van der Waals surface area contributed by atoms with E-state index in [1.165, 1.54) is 0 Å². The van der Waals surface area contributed by atoms with Gasteiger partial charge in [-0.1, -0.05) is 0 Å². The van der Waals surface area contributed by atoms with E-state index in [9.17, 15) is 14.7 Å². The van der Waals surface area contributed by atoms with Crippen LogP contribution in [0, 0.1) is 10.1 Å². The summed E-state index contributed by atoms with van der Waals surface area (Å²) in [4.78, 5) is 9.57. The molecule has 0 amide bonds. The lowest BCUT2D eigenvalue weighted by atomic mass is 10.9. The summed E-state index contributed by atoms with van der Waals surface area (Å²) in [6.07, 6.45) is 0. The Morgan fingerprint density at radius 3 is 2.12 bits per heavy atom. The van der Waals surface area contributed by atoms with Crippen LogP contribution in [-0.4, -0.2) is 29.9 Å². The van der Waals surface area contributed by atoms with E-state index in [1.807, 2.05) is 0 Å². The normalized spacial score (nSPS) is 12.8. The standard InChI is InChI=1S/C6H9BrCl2NO5P/c7-6(10(11)12)5-16(13,14-3-1-8)15-4-2-9/h5H,1-4H2. The summed E-state index contributed by atoms with van der Waals surface area (Å²) in [6, 6.07) is 0. The molecule has 0 aliphatic rings. The van der Waals surface area contributed by atoms with Gasteiger partial charge in [0.2, 0.25) is 0 Å². The molecule has 0 aliphatic heterocycles. The van der Waals surface area contributed by atoms with Crippen molar-refractivity contribution in [1.29, 1.82) is 0 Å². The summed E-state index contributed by atoms with van der Waals surface area (Å²) in [6.45, 7) is -0.0920. The number of nitro groups is 1. The van der Waals surface area contributed by atoms with Crippen molar-refractivity contribution in [3.8, 4) is 0 Å². The van der Waals surface area contributed by atoms with Gasteiger partial charge in [-0.25, -0.2) is 0 Å². The largest absolute Gasteiger partial charge is 0.361 e. The molecule has 0 fully saturated rings. The molecule has 0 heterocycles. The van der Waals surface area contributed by atoms with E-state index >= 15 is 0 Å². The van der Waals surface area contributed by atoms with Gasteiger partial charge in [-0.15, -0.1) is 23.2 Å². The van der Waals surface area contributed by atoms with E-state index in [1.54, 1.807) is 0 Å². The molecular weight excluding hydrogens is 348 g/mol. The average molecular weight is 357 g/mol. The van der Waals surface area contributed by atoms with E-state index < -0.39 is 17.1 Å². The van der Waals surface area contributed by atoms with E-state index in [0.717, 1.165) is 5.82 Å². The molecule has 0 aromatic heterocycles. The zero-order valence-electron chi connectivity index (χ0n) is 7.98. The predicted octanol–water partition coefficient (Wildman–Crippen LogP) is 3.16. The first-order valence-corrected chi connectivity index (χ1v) is 7.46. The van der Waals surface area contributed by atoms with Crippen LogP contribution in [0.15, 0.2) is 10.4 Å². The Balaban J connectivity index is 4.71. The molecule has 0 rings (SSSR count). The molecule has 0 unspecified atom stereocenters. The third-order valence-electron chi connectivity index (χ3n) is 1.14. The highest BCUT2D eigenvalue weighted by Crippen LogP contribution is 2.51. The lowest BCUT2D eigenvalue weighted by Gasteiger charge is -2.12. The van der Waals surface area contributed by atoms with Crippen molar-refractivity contribution in [2.45, 2.75) is 0 Å². The minimum Gasteiger partial charge on any atom is -0.304 e. The van der Waals surface area contributed by atoms with Gasteiger partial charge in [-0.2, -0.15) is 0 Å². The van der Waals surface area contributed by atoms with Gasteiger partial charge >= 0.3 is 12.2 Å². The number of alkyl halides is 2. The van der Waals surface area contributed by atoms with Crippen LogP contribution in [0.4, 0.5) is 0 Å². The summed E-state index contributed by atoms with van der Waals surface area (Å²) in [5.41, 5.74) is 0. The first kappa shape index (κ1) is 16.4. The first-order chi connectivity index (χ1) is 7.45. The van der Waals surface area contributed by atoms with Crippen LogP contribution in [-0.2, 0) is 13.6 Å². The lowest BCUT2D eigenvalue weighted by Crippen LogP contribution is -2.01. The monoisotopic (exact) mass is 355 g/mol. The molecule has 0 atom stereocenters. The fourth-order valence-electron chi connectivity index (χ4n) is 0.613. The molecule has 10 heteroatoms. The number of hydrogen-bond donors (Lipinski definition) is 0. The van der Waals surface area contributed by atoms with Crippen LogP contribution in [0.1, 0.15) is 0 Å². The maximum absolute atomic E-state index is 11.9. The second-order valence-corrected chi connectivity index (χ2v) is 5.72. The molecule has 16 heavy (non-hydrogen) atoms. The fraction of sp³-hybridized carbons (Fsp3) is 0.667. The smallest absolute Gasteiger partial charge is 0.304 e. The van der Waals surface area contributed by atoms with Gasteiger partial charge < -0.3 is 9.05 Å². The topological polar surface area (TPSA) is 78.7 Å². The molecule has 0 spiro atoms. The summed E-state index contributed by atoms with van der Waals surface area (Å²) in [5.74, 6) is 0.961. The molecular formula is C6H9BrCl2NO5P.